The molecule has 0 radical (unpaired) electrons. The highest BCUT2D eigenvalue weighted by atomic mass is 16.2. The maximum atomic E-state index is 12.3. The number of nitriles is 1. The summed E-state index contributed by atoms with van der Waals surface area (Å²) in [5, 5.41) is 16.5. The lowest BCUT2D eigenvalue weighted by molar-refractivity contribution is -0.129. The lowest BCUT2D eigenvalue weighted by Gasteiger charge is -2.19. The maximum absolute atomic E-state index is 12.3. The van der Waals surface area contributed by atoms with Gasteiger partial charge in [0.2, 0.25) is 5.91 Å². The van der Waals surface area contributed by atoms with E-state index in [0.717, 1.165) is 23.1 Å². The van der Waals surface area contributed by atoms with Crippen molar-refractivity contribution in [1.29, 1.82) is 5.26 Å². The van der Waals surface area contributed by atoms with Crippen LogP contribution in [0.1, 0.15) is 36.8 Å². The Morgan fingerprint density at radius 1 is 1.14 bits per heavy atom. The molecular weight excluding hydrogens is 368 g/mol. The van der Waals surface area contributed by atoms with Gasteiger partial charge in [0, 0.05) is 12.0 Å². The minimum Gasteiger partial charge on any atom is -0.353 e. The number of carbonyl (C=O) groups is 3. The third kappa shape index (κ3) is 3.83. The van der Waals surface area contributed by atoms with Gasteiger partial charge in [-0.1, -0.05) is 36.4 Å². The van der Waals surface area contributed by atoms with E-state index in [0.29, 0.717) is 5.56 Å². The third-order valence-corrected chi connectivity index (χ3v) is 5.45. The molecule has 0 bridgehead atoms. The van der Waals surface area contributed by atoms with Crippen molar-refractivity contribution in [3.05, 3.63) is 59.7 Å². The number of hydrogen-bond donors (Lipinski definition) is 3. The molecule has 2 fully saturated rings. The molecule has 3 N–H and O–H groups in total. The van der Waals surface area contributed by atoms with Crippen LogP contribution in [0.15, 0.2) is 48.5 Å². The molecule has 146 valence electrons. The molecule has 7 nitrogen and oxygen atoms in total. The van der Waals surface area contributed by atoms with Crippen molar-refractivity contribution in [1.82, 2.24) is 16.0 Å². The van der Waals surface area contributed by atoms with E-state index in [-0.39, 0.29) is 24.3 Å². The van der Waals surface area contributed by atoms with Crippen molar-refractivity contribution in [2.24, 2.45) is 0 Å². The van der Waals surface area contributed by atoms with Crippen LogP contribution in [0.2, 0.25) is 0 Å². The van der Waals surface area contributed by atoms with Crippen LogP contribution in [-0.4, -0.2) is 29.4 Å². The molecule has 7 heteroatoms. The summed E-state index contributed by atoms with van der Waals surface area (Å²) in [5.74, 6) is -0.497. The monoisotopic (exact) mass is 388 g/mol. The minimum absolute atomic E-state index is 0.0343. The van der Waals surface area contributed by atoms with Crippen LogP contribution in [0.4, 0.5) is 4.79 Å². The summed E-state index contributed by atoms with van der Waals surface area (Å²) in [6, 6.07) is 17.2. The normalized spacial score (nSPS) is 25.0. The fourth-order valence-electron chi connectivity index (χ4n) is 3.67. The van der Waals surface area contributed by atoms with Gasteiger partial charge in [0.15, 0.2) is 0 Å². The molecule has 3 atom stereocenters. The predicted molar refractivity (Wildman–Crippen MR) is 106 cm³/mol. The highest BCUT2D eigenvalue weighted by molar-refractivity contribution is 6.08. The molecule has 1 saturated heterocycles. The first-order chi connectivity index (χ1) is 13.9. The fraction of sp³-hybridized carbons (Fsp3) is 0.273. The van der Waals surface area contributed by atoms with E-state index < -0.39 is 17.5 Å². The van der Waals surface area contributed by atoms with E-state index in [9.17, 15) is 14.4 Å². The standard InChI is InChI=1S/C22H20N4O3/c1-22(20(28)25-21(29)26-22)11-19(27)24-18-10-17(18)16-8-6-15(7-9-16)14-4-2-13(12-23)3-5-14/h2-9,17-18H,10-11H2,1H3,(H,24,27)(H2,25,26,28,29). The molecule has 0 spiro atoms. The van der Waals surface area contributed by atoms with Gasteiger partial charge in [0.05, 0.1) is 18.1 Å². The molecule has 1 aliphatic heterocycles. The molecule has 0 aromatic heterocycles. The first kappa shape index (κ1) is 18.7. The van der Waals surface area contributed by atoms with E-state index >= 15 is 0 Å². The topological polar surface area (TPSA) is 111 Å². The highest BCUT2D eigenvalue weighted by Crippen LogP contribution is 2.41. The number of nitrogens with zero attached hydrogens (tertiary/aromatic N) is 1. The molecule has 2 aromatic rings. The molecule has 1 saturated carbocycles. The van der Waals surface area contributed by atoms with Crippen LogP contribution in [0, 0.1) is 11.3 Å². The zero-order valence-corrected chi connectivity index (χ0v) is 15.9. The maximum Gasteiger partial charge on any atom is 0.322 e. The Kier molecular flexibility index (Phi) is 4.55. The average Bonchev–Trinajstić information content (AvgIpc) is 3.41. The van der Waals surface area contributed by atoms with Gasteiger partial charge in [-0.2, -0.15) is 5.26 Å². The van der Waals surface area contributed by atoms with Crippen molar-refractivity contribution < 1.29 is 14.4 Å². The van der Waals surface area contributed by atoms with E-state index in [2.05, 4.69) is 34.2 Å². The largest absolute Gasteiger partial charge is 0.353 e. The Hall–Kier alpha value is -3.66. The lowest BCUT2D eigenvalue weighted by atomic mass is 9.98. The number of imide groups is 1. The van der Waals surface area contributed by atoms with Gasteiger partial charge in [0.1, 0.15) is 5.54 Å². The summed E-state index contributed by atoms with van der Waals surface area (Å²) in [7, 11) is 0. The number of hydrogen-bond acceptors (Lipinski definition) is 4. The summed E-state index contributed by atoms with van der Waals surface area (Å²) < 4.78 is 0. The van der Waals surface area contributed by atoms with Crippen molar-refractivity contribution in [3.8, 4) is 17.2 Å². The quantitative estimate of drug-likeness (QED) is 0.682. The van der Waals surface area contributed by atoms with E-state index in [4.69, 9.17) is 5.26 Å². The molecule has 4 rings (SSSR count). The van der Waals surface area contributed by atoms with Gasteiger partial charge in [-0.3, -0.25) is 14.9 Å². The van der Waals surface area contributed by atoms with Crippen LogP contribution in [-0.2, 0) is 9.59 Å². The fourth-order valence-corrected chi connectivity index (χ4v) is 3.67. The molecule has 2 aliphatic rings. The number of nitrogens with one attached hydrogen (secondary N) is 3. The van der Waals surface area contributed by atoms with Gasteiger partial charge in [-0.05, 0) is 42.2 Å². The summed E-state index contributed by atoms with van der Waals surface area (Å²) >= 11 is 0. The van der Waals surface area contributed by atoms with E-state index in [1.165, 1.54) is 0 Å². The summed E-state index contributed by atoms with van der Waals surface area (Å²) in [5.41, 5.74) is 2.68. The molecular formula is C22H20N4O3. The van der Waals surface area contributed by atoms with Crippen molar-refractivity contribution in [2.45, 2.75) is 37.3 Å². The second kappa shape index (κ2) is 7.06. The number of benzene rings is 2. The lowest BCUT2D eigenvalue weighted by Crippen LogP contribution is -2.48. The van der Waals surface area contributed by atoms with Crippen LogP contribution in [0.3, 0.4) is 0 Å². The number of amides is 4. The van der Waals surface area contributed by atoms with Crippen LogP contribution in [0.25, 0.3) is 11.1 Å². The summed E-state index contributed by atoms with van der Waals surface area (Å²) in [6.45, 7) is 1.54. The van der Waals surface area contributed by atoms with Crippen molar-refractivity contribution in [2.75, 3.05) is 0 Å². The molecule has 4 amide bonds. The minimum atomic E-state index is -1.20. The van der Waals surface area contributed by atoms with Gasteiger partial charge in [0.25, 0.3) is 5.91 Å². The summed E-state index contributed by atoms with van der Waals surface area (Å²) in [6.07, 6.45) is 0.753. The smallest absolute Gasteiger partial charge is 0.322 e. The first-order valence-electron chi connectivity index (χ1n) is 9.41. The van der Waals surface area contributed by atoms with Crippen LogP contribution in [0.5, 0.6) is 0 Å². The number of rotatable bonds is 5. The van der Waals surface area contributed by atoms with Crippen LogP contribution < -0.4 is 16.0 Å². The molecule has 1 aliphatic carbocycles. The molecule has 3 unspecified atom stereocenters. The molecule has 29 heavy (non-hydrogen) atoms. The SMILES string of the molecule is CC1(CC(=O)NC2CC2c2ccc(-c3ccc(C#N)cc3)cc2)NC(=O)NC1=O. The Balaban J connectivity index is 1.34. The van der Waals surface area contributed by atoms with Gasteiger partial charge < -0.3 is 10.6 Å². The Labute approximate surface area is 168 Å². The molecule has 1 heterocycles. The Morgan fingerprint density at radius 3 is 2.31 bits per heavy atom. The van der Waals surface area contributed by atoms with E-state index in [1.54, 1.807) is 19.1 Å². The van der Waals surface area contributed by atoms with Crippen molar-refractivity contribution in [3.63, 3.8) is 0 Å². The third-order valence-electron chi connectivity index (χ3n) is 5.45. The summed E-state index contributed by atoms with van der Waals surface area (Å²) in [4.78, 5) is 35.4. The zero-order chi connectivity index (χ0) is 20.6. The van der Waals surface area contributed by atoms with Gasteiger partial charge in [-0.25, -0.2) is 4.79 Å². The van der Waals surface area contributed by atoms with Crippen LogP contribution >= 0.6 is 0 Å². The first-order valence-corrected chi connectivity index (χ1v) is 9.41. The second-order valence-electron chi connectivity index (χ2n) is 7.74. The Bertz CT molecular complexity index is 1020. The second-order valence-corrected chi connectivity index (χ2v) is 7.74. The zero-order valence-electron chi connectivity index (χ0n) is 15.9. The van der Waals surface area contributed by atoms with Crippen molar-refractivity contribution >= 4 is 17.8 Å². The average molecular weight is 388 g/mol. The molecule has 2 aromatic carbocycles. The highest BCUT2D eigenvalue weighted by Gasteiger charge is 2.45. The number of carbonyl (C=O) groups excluding carboxylic acids is 3. The van der Waals surface area contributed by atoms with Gasteiger partial charge >= 0.3 is 6.03 Å². The Morgan fingerprint density at radius 2 is 1.76 bits per heavy atom. The van der Waals surface area contributed by atoms with Gasteiger partial charge in [-0.15, -0.1) is 0 Å². The number of urea groups is 1. The predicted octanol–water partition coefficient (Wildman–Crippen LogP) is 2.19. The van der Waals surface area contributed by atoms with E-state index in [1.807, 2.05) is 24.3 Å².